The van der Waals surface area contributed by atoms with Crippen LogP contribution in [0.4, 0.5) is 0 Å². The van der Waals surface area contributed by atoms with Crippen molar-refractivity contribution in [3.05, 3.63) is 48.6 Å². The molecule has 1 aromatic carbocycles. The first-order valence-corrected chi connectivity index (χ1v) is 4.50. The maximum absolute atomic E-state index is 10.3. The zero-order valence-corrected chi connectivity index (χ0v) is 14.5. The van der Waals surface area contributed by atoms with E-state index in [2.05, 4.69) is 0 Å². The van der Waals surface area contributed by atoms with Crippen LogP contribution in [0, 0.1) is 0 Å². The number of aromatic hydroxyl groups is 2. The maximum atomic E-state index is 10.3. The molecule has 0 saturated heterocycles. The fraction of sp³-hybridized carbons (Fsp3) is 0. The Morgan fingerprint density at radius 3 is 1.24 bits per heavy atom. The molecule has 1 aliphatic carbocycles. The summed E-state index contributed by atoms with van der Waals surface area (Å²) in [5, 5.41) is 17.3. The number of carbonyl (C=O) groups excluding carboxylic acids is 2. The van der Waals surface area contributed by atoms with E-state index in [9.17, 15) is 9.59 Å². The summed E-state index contributed by atoms with van der Waals surface area (Å²) in [7, 11) is 0. The molecule has 2 N–H and O–H groups in total. The molecule has 0 spiro atoms. The van der Waals surface area contributed by atoms with Crippen molar-refractivity contribution in [2.24, 2.45) is 0 Å². The van der Waals surface area contributed by atoms with Crippen molar-refractivity contribution in [2.45, 2.75) is 0 Å². The molecule has 0 fully saturated rings. The van der Waals surface area contributed by atoms with Gasteiger partial charge in [0, 0.05) is 0 Å². The number of hydrogen-bond acceptors (Lipinski definition) is 4. The fourth-order valence-corrected chi connectivity index (χ4v) is 0.904. The minimum atomic E-state index is -0.121. The molecular formula is C12H12O4Pb. The third-order valence-electron chi connectivity index (χ3n) is 1.71. The van der Waals surface area contributed by atoms with Gasteiger partial charge in [-0.15, -0.1) is 0 Å². The van der Waals surface area contributed by atoms with Gasteiger partial charge in [0.25, 0.3) is 0 Å². The van der Waals surface area contributed by atoms with Gasteiger partial charge in [-0.05, 0) is 36.4 Å². The zero-order valence-electron chi connectivity index (χ0n) is 9.04. The molecule has 0 heterocycles. The Labute approximate surface area is 118 Å². The molecule has 0 bridgehead atoms. The topological polar surface area (TPSA) is 74.6 Å². The van der Waals surface area contributed by atoms with Crippen molar-refractivity contribution in [2.75, 3.05) is 0 Å². The minimum absolute atomic E-state index is 0. The van der Waals surface area contributed by atoms with E-state index >= 15 is 0 Å². The zero-order chi connectivity index (χ0) is 12.0. The molecule has 2 radical (unpaired) electrons. The van der Waals surface area contributed by atoms with E-state index in [0.29, 0.717) is 0 Å². The van der Waals surface area contributed by atoms with E-state index in [-0.39, 0.29) is 50.4 Å². The number of benzene rings is 1. The van der Waals surface area contributed by atoms with Crippen LogP contribution in [0.3, 0.4) is 0 Å². The molecule has 0 aromatic heterocycles. The molecule has 0 atom stereocenters. The second kappa shape index (κ2) is 7.77. The Balaban J connectivity index is 0.000000284. The quantitative estimate of drug-likeness (QED) is 0.358. The van der Waals surface area contributed by atoms with Crippen molar-refractivity contribution in [3.63, 3.8) is 0 Å². The summed E-state index contributed by atoms with van der Waals surface area (Å²) < 4.78 is 0. The van der Waals surface area contributed by atoms with Crippen LogP contribution >= 0.6 is 0 Å². The van der Waals surface area contributed by atoms with E-state index < -0.39 is 0 Å². The molecule has 0 saturated carbocycles. The second-order valence-electron chi connectivity index (χ2n) is 2.96. The van der Waals surface area contributed by atoms with Crippen molar-refractivity contribution >= 4 is 38.9 Å². The molecule has 17 heavy (non-hydrogen) atoms. The Bertz CT molecular complexity index is 404. The monoisotopic (exact) mass is 428 g/mol. The summed E-state index contributed by atoms with van der Waals surface area (Å²) in [5.41, 5.74) is 0. The normalized spacial score (nSPS) is 12.5. The van der Waals surface area contributed by atoms with E-state index in [0.717, 1.165) is 0 Å². The summed E-state index contributed by atoms with van der Waals surface area (Å²) >= 11 is 0. The standard InChI is InChI=1S/C6H4O2.C6H6O2.Pb.2H/c7-5-1-2-6(8)4-3-5;7-5-3-1-2-4-6(5)8;;;/h1-4H;1-4,7-8H;;;. The van der Waals surface area contributed by atoms with Gasteiger partial charge in [-0.1, -0.05) is 12.1 Å². The van der Waals surface area contributed by atoms with E-state index in [1.54, 1.807) is 12.1 Å². The Hall–Kier alpha value is -1.44. The summed E-state index contributed by atoms with van der Waals surface area (Å²) in [6, 6.07) is 6.15. The number of ketones is 2. The molecule has 0 unspecified atom stereocenters. The number of hydrogen-bond donors (Lipinski definition) is 2. The number of phenolic OH excluding ortho intramolecular Hbond substituents is 2. The molecule has 1 aliphatic rings. The third kappa shape index (κ3) is 6.01. The van der Waals surface area contributed by atoms with Crippen molar-refractivity contribution < 1.29 is 19.8 Å². The van der Waals surface area contributed by atoms with Gasteiger partial charge in [0.05, 0.1) is 0 Å². The van der Waals surface area contributed by atoms with Crippen LogP contribution in [0.2, 0.25) is 0 Å². The summed E-state index contributed by atoms with van der Waals surface area (Å²) in [5.74, 6) is -0.394. The van der Waals surface area contributed by atoms with Gasteiger partial charge < -0.3 is 10.2 Å². The molecule has 2 rings (SSSR count). The Morgan fingerprint density at radius 1 is 0.706 bits per heavy atom. The van der Waals surface area contributed by atoms with Crippen LogP contribution in [0.25, 0.3) is 0 Å². The van der Waals surface area contributed by atoms with Crippen LogP contribution < -0.4 is 0 Å². The van der Waals surface area contributed by atoms with Crippen LogP contribution in [0.1, 0.15) is 0 Å². The predicted octanol–water partition coefficient (Wildman–Crippen LogP) is 0.432. The second-order valence-corrected chi connectivity index (χ2v) is 2.96. The number of carbonyl (C=O) groups is 2. The molecule has 88 valence electrons. The first kappa shape index (κ1) is 15.6. The Kier molecular flexibility index (Phi) is 7.12. The molecule has 0 aliphatic heterocycles. The van der Waals surface area contributed by atoms with Crippen LogP contribution in [0.15, 0.2) is 48.6 Å². The molecule has 0 amide bonds. The van der Waals surface area contributed by atoms with Crippen LogP contribution in [-0.2, 0) is 9.59 Å². The molecule has 1 aromatic rings. The number of phenols is 2. The summed E-state index contributed by atoms with van der Waals surface area (Å²) in [4.78, 5) is 20.6. The molecular weight excluding hydrogens is 415 g/mol. The predicted molar refractivity (Wildman–Crippen MR) is 66.6 cm³/mol. The van der Waals surface area contributed by atoms with Gasteiger partial charge >= 0.3 is 27.3 Å². The van der Waals surface area contributed by atoms with Gasteiger partial charge in [-0.3, -0.25) is 9.59 Å². The van der Waals surface area contributed by atoms with Crippen LogP contribution in [-0.4, -0.2) is 49.1 Å². The molecule has 4 nitrogen and oxygen atoms in total. The Morgan fingerprint density at radius 2 is 1.00 bits per heavy atom. The average molecular weight is 427 g/mol. The number of rotatable bonds is 0. The SMILES string of the molecule is O=C1C=CC(=O)C=C1.Oc1ccccc1O.[PbH2]. The van der Waals surface area contributed by atoms with Crippen molar-refractivity contribution in [1.82, 2.24) is 0 Å². The summed E-state index contributed by atoms with van der Waals surface area (Å²) in [6.07, 6.45) is 5.01. The van der Waals surface area contributed by atoms with Crippen molar-refractivity contribution in [1.29, 1.82) is 0 Å². The molecule has 5 heteroatoms. The fourth-order valence-electron chi connectivity index (χ4n) is 0.904. The van der Waals surface area contributed by atoms with E-state index in [1.165, 1.54) is 36.4 Å². The number of allylic oxidation sites excluding steroid dienone is 4. The van der Waals surface area contributed by atoms with Gasteiger partial charge in [-0.2, -0.15) is 0 Å². The van der Waals surface area contributed by atoms with Crippen LogP contribution in [0.5, 0.6) is 11.5 Å². The average Bonchev–Trinajstić information content (AvgIpc) is 2.28. The first-order chi connectivity index (χ1) is 7.59. The summed E-state index contributed by atoms with van der Waals surface area (Å²) in [6.45, 7) is 0. The first-order valence-electron chi connectivity index (χ1n) is 4.50. The number of para-hydroxylation sites is 2. The third-order valence-corrected chi connectivity index (χ3v) is 1.71. The van der Waals surface area contributed by atoms with Crippen molar-refractivity contribution in [3.8, 4) is 11.5 Å². The van der Waals surface area contributed by atoms with E-state index in [1.807, 2.05) is 0 Å². The van der Waals surface area contributed by atoms with Gasteiger partial charge in [0.2, 0.25) is 0 Å². The van der Waals surface area contributed by atoms with Gasteiger partial charge in [0.1, 0.15) is 0 Å². The van der Waals surface area contributed by atoms with Gasteiger partial charge in [-0.25, -0.2) is 0 Å². The van der Waals surface area contributed by atoms with E-state index in [4.69, 9.17) is 10.2 Å². The van der Waals surface area contributed by atoms with Gasteiger partial charge in [0.15, 0.2) is 23.1 Å².